The molecule has 0 bridgehead atoms. The van der Waals surface area contributed by atoms with Crippen molar-refractivity contribution >= 4 is 0 Å². The second kappa shape index (κ2) is 3.42. The average molecular weight is 230 g/mol. The van der Waals surface area contributed by atoms with Crippen LogP contribution >= 0.6 is 0 Å². The first-order chi connectivity index (χ1) is 8.38. The zero-order valence-electron chi connectivity index (χ0n) is 9.54. The summed E-state index contributed by atoms with van der Waals surface area (Å²) in [6.07, 6.45) is 6.96. The highest BCUT2D eigenvalue weighted by Gasteiger charge is 2.29. The summed E-state index contributed by atoms with van der Waals surface area (Å²) in [4.78, 5) is 4.40. The summed E-state index contributed by atoms with van der Waals surface area (Å²) < 4.78 is 7.12. The smallest absolute Gasteiger partial charge is 0.248 e. The van der Waals surface area contributed by atoms with Crippen LogP contribution in [0.1, 0.15) is 54.9 Å². The third-order valence-electron chi connectivity index (χ3n) is 3.38. The minimum absolute atomic E-state index is 0.548. The van der Waals surface area contributed by atoms with E-state index in [2.05, 4.69) is 21.3 Å². The van der Waals surface area contributed by atoms with E-state index in [0.29, 0.717) is 24.3 Å². The first kappa shape index (κ1) is 9.39. The van der Waals surface area contributed by atoms with Crippen molar-refractivity contribution in [2.75, 3.05) is 0 Å². The van der Waals surface area contributed by atoms with E-state index in [1.807, 2.05) is 10.9 Å². The van der Waals surface area contributed by atoms with Crippen LogP contribution in [-0.2, 0) is 6.54 Å². The van der Waals surface area contributed by atoms with E-state index < -0.39 is 0 Å². The Labute approximate surface area is 98.8 Å². The molecule has 0 unspecified atom stereocenters. The number of aromatic nitrogens is 4. The lowest BCUT2D eigenvalue weighted by molar-refractivity contribution is 0.361. The maximum Gasteiger partial charge on any atom is 0.248 e. The molecule has 5 nitrogen and oxygen atoms in total. The molecule has 88 valence electrons. The van der Waals surface area contributed by atoms with Crippen molar-refractivity contribution in [1.29, 1.82) is 0 Å². The van der Waals surface area contributed by atoms with Crippen LogP contribution in [0.25, 0.3) is 0 Å². The van der Waals surface area contributed by atoms with Crippen LogP contribution in [0.15, 0.2) is 16.8 Å². The molecule has 17 heavy (non-hydrogen) atoms. The van der Waals surface area contributed by atoms with Crippen LogP contribution in [0.4, 0.5) is 0 Å². The van der Waals surface area contributed by atoms with Crippen LogP contribution < -0.4 is 0 Å². The molecular formula is C12H14N4O. The van der Waals surface area contributed by atoms with Crippen molar-refractivity contribution in [1.82, 2.24) is 19.9 Å². The van der Waals surface area contributed by atoms with Gasteiger partial charge in [-0.1, -0.05) is 5.16 Å². The lowest BCUT2D eigenvalue weighted by Gasteiger charge is -1.94. The number of hydrogen-bond donors (Lipinski definition) is 0. The van der Waals surface area contributed by atoms with Gasteiger partial charge in [-0.15, -0.1) is 0 Å². The molecule has 0 amide bonds. The molecule has 2 fully saturated rings. The first-order valence-corrected chi connectivity index (χ1v) is 6.24. The monoisotopic (exact) mass is 230 g/mol. The van der Waals surface area contributed by atoms with E-state index in [9.17, 15) is 0 Å². The van der Waals surface area contributed by atoms with Crippen molar-refractivity contribution in [3.63, 3.8) is 0 Å². The van der Waals surface area contributed by atoms with Crippen molar-refractivity contribution < 1.29 is 4.52 Å². The van der Waals surface area contributed by atoms with Gasteiger partial charge >= 0.3 is 0 Å². The van der Waals surface area contributed by atoms with Gasteiger partial charge < -0.3 is 4.52 Å². The fraction of sp³-hybridized carbons (Fsp3) is 0.583. The second-order valence-electron chi connectivity index (χ2n) is 5.03. The Hall–Kier alpha value is -1.65. The Bertz CT molecular complexity index is 488. The van der Waals surface area contributed by atoms with E-state index >= 15 is 0 Å². The third kappa shape index (κ3) is 1.85. The maximum atomic E-state index is 5.23. The highest BCUT2D eigenvalue weighted by Crippen LogP contribution is 2.39. The molecule has 0 atom stereocenters. The Morgan fingerprint density at radius 2 is 2.06 bits per heavy atom. The summed E-state index contributed by atoms with van der Waals surface area (Å²) >= 11 is 0. The van der Waals surface area contributed by atoms with Crippen LogP contribution in [0.3, 0.4) is 0 Å². The standard InChI is InChI=1S/C12H14N4O/c1-2-8(1)10-5-6-16(14-10)7-11-13-12(15-17-11)9-3-4-9/h5-6,8-9H,1-4,7H2. The Morgan fingerprint density at radius 1 is 1.24 bits per heavy atom. The predicted molar refractivity (Wildman–Crippen MR) is 59.6 cm³/mol. The van der Waals surface area contributed by atoms with Gasteiger partial charge in [0.25, 0.3) is 0 Å². The minimum Gasteiger partial charge on any atom is -0.337 e. The van der Waals surface area contributed by atoms with E-state index in [-0.39, 0.29) is 0 Å². The van der Waals surface area contributed by atoms with Crippen LogP contribution in [0.2, 0.25) is 0 Å². The summed E-state index contributed by atoms with van der Waals surface area (Å²) in [5, 5.41) is 8.53. The quantitative estimate of drug-likeness (QED) is 0.806. The molecule has 0 aliphatic heterocycles. The summed E-state index contributed by atoms with van der Waals surface area (Å²) in [7, 11) is 0. The normalized spacial score (nSPS) is 19.8. The lowest BCUT2D eigenvalue weighted by atomic mass is 10.3. The van der Waals surface area contributed by atoms with Crippen molar-refractivity contribution in [2.45, 2.75) is 44.1 Å². The van der Waals surface area contributed by atoms with Gasteiger partial charge in [-0.05, 0) is 31.7 Å². The predicted octanol–water partition coefficient (Wildman–Crippen LogP) is 2.07. The lowest BCUT2D eigenvalue weighted by Crippen LogP contribution is -2.01. The summed E-state index contributed by atoms with van der Waals surface area (Å²) in [5.74, 6) is 2.78. The van der Waals surface area contributed by atoms with E-state index in [0.717, 1.165) is 5.82 Å². The molecule has 0 N–H and O–H groups in total. The van der Waals surface area contributed by atoms with E-state index in [1.165, 1.54) is 31.4 Å². The number of nitrogens with zero attached hydrogens (tertiary/aromatic N) is 4. The molecule has 0 aromatic carbocycles. The van der Waals surface area contributed by atoms with E-state index in [1.54, 1.807) is 0 Å². The van der Waals surface area contributed by atoms with Gasteiger partial charge in [-0.3, -0.25) is 4.68 Å². The highest BCUT2D eigenvalue weighted by atomic mass is 16.5. The number of rotatable bonds is 4. The summed E-state index contributed by atoms with van der Waals surface area (Å²) in [5.41, 5.74) is 1.20. The molecule has 0 saturated heterocycles. The van der Waals surface area contributed by atoms with Crippen molar-refractivity contribution in [2.24, 2.45) is 0 Å². The second-order valence-corrected chi connectivity index (χ2v) is 5.03. The first-order valence-electron chi connectivity index (χ1n) is 6.24. The molecule has 0 spiro atoms. The van der Waals surface area contributed by atoms with Gasteiger partial charge in [0.2, 0.25) is 5.89 Å². The van der Waals surface area contributed by atoms with Crippen LogP contribution in [0, 0.1) is 0 Å². The highest BCUT2D eigenvalue weighted by molar-refractivity contribution is 5.12. The molecule has 5 heteroatoms. The molecule has 0 radical (unpaired) electrons. The zero-order chi connectivity index (χ0) is 11.2. The van der Waals surface area contributed by atoms with Gasteiger partial charge in [-0.2, -0.15) is 10.1 Å². The van der Waals surface area contributed by atoms with E-state index in [4.69, 9.17) is 4.52 Å². The summed E-state index contributed by atoms with van der Waals surface area (Å²) in [6.45, 7) is 0.590. The molecule has 2 heterocycles. The molecule has 2 saturated carbocycles. The fourth-order valence-electron chi connectivity index (χ4n) is 2.04. The van der Waals surface area contributed by atoms with Gasteiger partial charge in [0.05, 0.1) is 5.69 Å². The maximum absolute atomic E-state index is 5.23. The number of hydrogen-bond acceptors (Lipinski definition) is 4. The molecule has 2 aliphatic rings. The minimum atomic E-state index is 0.548. The molecular weight excluding hydrogens is 216 g/mol. The average Bonchev–Trinajstić information content (AvgIpc) is 3.27. The van der Waals surface area contributed by atoms with Crippen LogP contribution in [-0.4, -0.2) is 19.9 Å². The molecule has 2 aromatic heterocycles. The zero-order valence-corrected chi connectivity index (χ0v) is 9.54. The molecule has 2 aromatic rings. The van der Waals surface area contributed by atoms with Gasteiger partial charge in [0, 0.05) is 18.0 Å². The molecule has 2 aliphatic carbocycles. The van der Waals surface area contributed by atoms with Gasteiger partial charge in [0.15, 0.2) is 5.82 Å². The van der Waals surface area contributed by atoms with Gasteiger partial charge in [0.1, 0.15) is 6.54 Å². The van der Waals surface area contributed by atoms with Crippen molar-refractivity contribution in [3.05, 3.63) is 29.7 Å². The Kier molecular flexibility index (Phi) is 1.89. The topological polar surface area (TPSA) is 56.7 Å². The largest absolute Gasteiger partial charge is 0.337 e. The Balaban J connectivity index is 1.50. The summed E-state index contributed by atoms with van der Waals surface area (Å²) in [6, 6.07) is 2.09. The van der Waals surface area contributed by atoms with Crippen molar-refractivity contribution in [3.8, 4) is 0 Å². The van der Waals surface area contributed by atoms with Crippen LogP contribution in [0.5, 0.6) is 0 Å². The SMILES string of the molecule is c1cn(Cc2nc(C3CC3)no2)nc1C1CC1. The third-order valence-corrected chi connectivity index (χ3v) is 3.38. The van der Waals surface area contributed by atoms with Gasteiger partial charge in [-0.25, -0.2) is 0 Å². The fourth-order valence-corrected chi connectivity index (χ4v) is 2.04. The Morgan fingerprint density at radius 3 is 2.82 bits per heavy atom. The molecule has 4 rings (SSSR count).